The number of ketones is 1. The van der Waals surface area contributed by atoms with Crippen molar-refractivity contribution in [3.05, 3.63) is 11.6 Å². The second kappa shape index (κ2) is 5.07. The van der Waals surface area contributed by atoms with Gasteiger partial charge < -0.3 is 14.6 Å². The van der Waals surface area contributed by atoms with Crippen LogP contribution in [0.2, 0.25) is 0 Å². The van der Waals surface area contributed by atoms with E-state index in [4.69, 9.17) is 15.6 Å². The third-order valence-corrected chi connectivity index (χ3v) is 2.25. The van der Waals surface area contributed by atoms with Gasteiger partial charge in [-0.3, -0.25) is 15.3 Å². The molecule has 0 saturated heterocycles. The van der Waals surface area contributed by atoms with E-state index in [1.54, 1.807) is 6.92 Å². The monoisotopic (exact) mass is 243 g/mol. The Morgan fingerprint density at radius 3 is 2.76 bits per heavy atom. The number of carboxylic acid groups (broad SMARTS) is 1. The molecule has 17 heavy (non-hydrogen) atoms. The second-order valence-corrected chi connectivity index (χ2v) is 3.37. The van der Waals surface area contributed by atoms with Crippen molar-refractivity contribution >= 4 is 17.7 Å². The lowest BCUT2D eigenvalue weighted by molar-refractivity contribution is -0.152. The first-order valence-electron chi connectivity index (χ1n) is 4.97. The van der Waals surface area contributed by atoms with Crippen LogP contribution in [0, 0.1) is 0 Å². The predicted molar refractivity (Wildman–Crippen MR) is 54.8 cm³/mol. The number of aliphatic carboxylic acids is 1. The zero-order valence-electron chi connectivity index (χ0n) is 9.26. The number of ether oxygens (including phenoxy) is 2. The van der Waals surface area contributed by atoms with Gasteiger partial charge in [-0.25, -0.2) is 4.79 Å². The molecule has 7 heteroatoms. The summed E-state index contributed by atoms with van der Waals surface area (Å²) in [5.74, 6) is -2.94. The second-order valence-electron chi connectivity index (χ2n) is 3.37. The van der Waals surface area contributed by atoms with Crippen LogP contribution in [0.1, 0.15) is 13.3 Å². The maximum Gasteiger partial charge on any atom is 0.336 e. The maximum atomic E-state index is 11.7. The molecule has 0 saturated carbocycles. The minimum absolute atomic E-state index is 0.0767. The molecule has 0 aromatic rings. The van der Waals surface area contributed by atoms with Gasteiger partial charge in [0.25, 0.3) is 0 Å². The van der Waals surface area contributed by atoms with Crippen LogP contribution in [0.15, 0.2) is 11.6 Å². The molecule has 0 aromatic heterocycles. The summed E-state index contributed by atoms with van der Waals surface area (Å²) in [6, 6.07) is 0. The Morgan fingerprint density at radius 2 is 2.24 bits per heavy atom. The van der Waals surface area contributed by atoms with Crippen LogP contribution < -0.4 is 5.73 Å². The van der Waals surface area contributed by atoms with Gasteiger partial charge in [0.15, 0.2) is 5.78 Å². The van der Waals surface area contributed by atoms with Crippen molar-refractivity contribution in [2.75, 3.05) is 13.2 Å². The molecule has 0 aliphatic carbocycles. The summed E-state index contributed by atoms with van der Waals surface area (Å²) in [7, 11) is 0. The summed E-state index contributed by atoms with van der Waals surface area (Å²) in [5.41, 5.74) is 3.15. The molecule has 1 rings (SSSR count). The lowest BCUT2D eigenvalue weighted by atomic mass is 9.98. The lowest BCUT2D eigenvalue weighted by Crippen LogP contribution is -2.52. The number of Topliss-reactive ketones (excluding diaryl/α,β-unsaturated/α-hetero) is 1. The van der Waals surface area contributed by atoms with Crippen LogP contribution in [0.25, 0.3) is 0 Å². The Morgan fingerprint density at radius 1 is 1.59 bits per heavy atom. The number of hydrogen-bond donors (Lipinski definition) is 2. The lowest BCUT2D eigenvalue weighted by Gasteiger charge is -2.22. The standard InChI is InChI=1S/C10H13NO6/c1-2-16-8(13)5-7(12)10(11)6(9(14)15)3-4-17-10/h3H,2,4-5,11H2,1H3,(H,14,15). The van der Waals surface area contributed by atoms with Gasteiger partial charge in [0.05, 0.1) is 18.8 Å². The van der Waals surface area contributed by atoms with Crippen molar-refractivity contribution in [1.29, 1.82) is 0 Å². The van der Waals surface area contributed by atoms with Crippen molar-refractivity contribution in [2.24, 2.45) is 5.73 Å². The summed E-state index contributed by atoms with van der Waals surface area (Å²) in [4.78, 5) is 33.7. The Hall–Kier alpha value is -1.73. The fraction of sp³-hybridized carbons (Fsp3) is 0.500. The van der Waals surface area contributed by atoms with Crippen LogP contribution in [0.5, 0.6) is 0 Å². The van der Waals surface area contributed by atoms with Crippen LogP contribution in [-0.2, 0) is 23.9 Å². The summed E-state index contributed by atoms with van der Waals surface area (Å²) in [6.07, 6.45) is 0.584. The van der Waals surface area contributed by atoms with Gasteiger partial charge in [-0.1, -0.05) is 0 Å². The minimum Gasteiger partial charge on any atom is -0.478 e. The van der Waals surface area contributed by atoms with Crippen molar-refractivity contribution in [1.82, 2.24) is 0 Å². The number of carboxylic acids is 1. The molecule has 3 N–H and O–H groups in total. The van der Waals surface area contributed by atoms with E-state index in [2.05, 4.69) is 4.74 Å². The normalized spacial score (nSPS) is 23.1. The van der Waals surface area contributed by atoms with Crippen molar-refractivity contribution in [3.63, 3.8) is 0 Å². The van der Waals surface area contributed by atoms with E-state index in [-0.39, 0.29) is 18.8 Å². The highest BCUT2D eigenvalue weighted by atomic mass is 16.5. The minimum atomic E-state index is -2.06. The number of esters is 1. The number of hydrogen-bond acceptors (Lipinski definition) is 6. The highest BCUT2D eigenvalue weighted by molar-refractivity contribution is 6.07. The van der Waals surface area contributed by atoms with Crippen LogP contribution in [0.3, 0.4) is 0 Å². The molecule has 1 atom stereocenters. The fourth-order valence-corrected chi connectivity index (χ4v) is 1.44. The molecule has 1 aliphatic heterocycles. The van der Waals surface area contributed by atoms with E-state index in [9.17, 15) is 14.4 Å². The third kappa shape index (κ3) is 2.69. The largest absolute Gasteiger partial charge is 0.478 e. The van der Waals surface area contributed by atoms with E-state index >= 15 is 0 Å². The van der Waals surface area contributed by atoms with Crippen LogP contribution in [0.4, 0.5) is 0 Å². The van der Waals surface area contributed by atoms with Crippen molar-refractivity contribution in [2.45, 2.75) is 19.1 Å². The predicted octanol–water partition coefficient (Wildman–Crippen LogP) is -0.795. The smallest absolute Gasteiger partial charge is 0.336 e. The summed E-state index contributed by atoms with van der Waals surface area (Å²) < 4.78 is 9.48. The zero-order chi connectivity index (χ0) is 13.1. The van der Waals surface area contributed by atoms with E-state index in [1.807, 2.05) is 0 Å². The van der Waals surface area contributed by atoms with Gasteiger partial charge >= 0.3 is 11.9 Å². The average Bonchev–Trinajstić information content (AvgIpc) is 2.62. The number of rotatable bonds is 5. The fourth-order valence-electron chi connectivity index (χ4n) is 1.44. The molecular weight excluding hydrogens is 230 g/mol. The third-order valence-electron chi connectivity index (χ3n) is 2.25. The Kier molecular flexibility index (Phi) is 3.97. The Bertz CT molecular complexity index is 388. The SMILES string of the molecule is CCOC(=O)CC(=O)C1(N)OCC=C1C(=O)O. The van der Waals surface area contributed by atoms with Crippen LogP contribution in [-0.4, -0.2) is 41.8 Å². The van der Waals surface area contributed by atoms with Gasteiger partial charge in [0.1, 0.15) is 6.42 Å². The van der Waals surface area contributed by atoms with E-state index in [0.29, 0.717) is 0 Å². The first kappa shape index (κ1) is 13.3. The van der Waals surface area contributed by atoms with Crippen LogP contribution >= 0.6 is 0 Å². The Labute approximate surface area is 97.2 Å². The number of carbonyl (C=O) groups excluding carboxylic acids is 2. The van der Waals surface area contributed by atoms with Gasteiger partial charge in [0.2, 0.25) is 5.72 Å². The highest BCUT2D eigenvalue weighted by Gasteiger charge is 2.46. The van der Waals surface area contributed by atoms with Gasteiger partial charge in [-0.05, 0) is 13.0 Å². The number of carbonyl (C=O) groups is 3. The molecule has 0 bridgehead atoms. The topological polar surface area (TPSA) is 116 Å². The molecule has 0 amide bonds. The summed E-state index contributed by atoms with van der Waals surface area (Å²) in [6.45, 7) is 1.65. The van der Waals surface area contributed by atoms with E-state index in [0.717, 1.165) is 0 Å². The summed E-state index contributed by atoms with van der Waals surface area (Å²) in [5, 5.41) is 8.84. The molecule has 7 nitrogen and oxygen atoms in total. The molecular formula is C10H13NO6. The molecule has 1 heterocycles. The molecule has 0 spiro atoms. The van der Waals surface area contributed by atoms with Crippen molar-refractivity contribution in [3.8, 4) is 0 Å². The highest BCUT2D eigenvalue weighted by Crippen LogP contribution is 2.24. The van der Waals surface area contributed by atoms with E-state index < -0.39 is 29.9 Å². The molecule has 0 aromatic carbocycles. The first-order chi connectivity index (χ1) is 7.91. The number of nitrogens with two attached hydrogens (primary N) is 1. The van der Waals surface area contributed by atoms with Gasteiger partial charge in [-0.15, -0.1) is 0 Å². The molecule has 1 aliphatic rings. The average molecular weight is 243 g/mol. The molecule has 1 unspecified atom stereocenters. The van der Waals surface area contributed by atoms with Gasteiger partial charge in [-0.2, -0.15) is 0 Å². The quantitative estimate of drug-likeness (QED) is 0.479. The molecule has 0 radical (unpaired) electrons. The summed E-state index contributed by atoms with van der Waals surface area (Å²) >= 11 is 0. The first-order valence-corrected chi connectivity index (χ1v) is 4.97. The molecule has 94 valence electrons. The molecule has 0 fully saturated rings. The Balaban J connectivity index is 2.78. The zero-order valence-corrected chi connectivity index (χ0v) is 9.26. The van der Waals surface area contributed by atoms with E-state index in [1.165, 1.54) is 6.08 Å². The van der Waals surface area contributed by atoms with Gasteiger partial charge in [0, 0.05) is 0 Å². The van der Waals surface area contributed by atoms with Crippen molar-refractivity contribution < 1.29 is 29.0 Å². The maximum absolute atomic E-state index is 11.7.